The minimum Gasteiger partial charge on any atom is -0.467 e. The fourth-order valence-corrected chi connectivity index (χ4v) is 9.39. The molecule has 0 aromatic heterocycles. The summed E-state index contributed by atoms with van der Waals surface area (Å²) in [6, 6.07) is 33.3. The molecule has 2 unspecified atom stereocenters. The van der Waals surface area contributed by atoms with E-state index in [1.54, 1.807) is 0 Å². The van der Waals surface area contributed by atoms with Crippen molar-refractivity contribution in [2.24, 2.45) is 10.8 Å². The lowest BCUT2D eigenvalue weighted by molar-refractivity contribution is -0.253. The van der Waals surface area contributed by atoms with E-state index in [1.807, 2.05) is 60.7 Å². The molecule has 7 rings (SSSR count). The molecule has 1 aliphatic carbocycles. The standard InChI is InChI=1S/C46H55N3O6/c1-45(2)24-38-25-46(3,29-45)30-49(38)27-39-23-41(34-18-16-32(28-50)17-19-34)55-43(54-39)37-15-9-14-36(22-37)35-13-8-12-33(20-35)26-47-44(52)48-40(42(51)53-4)21-31-10-6-5-7-11-31/h5-20,22,38-41,43,50H,21,23-30H2,1-4H3,(H2,47,48,52)/t38?,39-,40-,41+,43+,46?/m0/s1. The zero-order valence-electron chi connectivity index (χ0n) is 32.5. The van der Waals surface area contributed by atoms with Crippen molar-refractivity contribution in [1.82, 2.24) is 15.5 Å². The van der Waals surface area contributed by atoms with Crippen LogP contribution in [0.2, 0.25) is 0 Å². The van der Waals surface area contributed by atoms with Gasteiger partial charge in [-0.2, -0.15) is 0 Å². The number of benzene rings is 4. The summed E-state index contributed by atoms with van der Waals surface area (Å²) in [5.74, 6) is -0.499. The van der Waals surface area contributed by atoms with Crippen LogP contribution >= 0.6 is 0 Å². The number of hydrogen-bond acceptors (Lipinski definition) is 7. The molecule has 4 aromatic rings. The quantitative estimate of drug-likeness (QED) is 0.127. The highest BCUT2D eigenvalue weighted by atomic mass is 16.7. The van der Waals surface area contributed by atoms with Gasteiger partial charge in [-0.3, -0.25) is 4.90 Å². The van der Waals surface area contributed by atoms with Gasteiger partial charge in [-0.05, 0) is 75.6 Å². The molecule has 3 fully saturated rings. The van der Waals surface area contributed by atoms with Crippen LogP contribution in [0, 0.1) is 10.8 Å². The second kappa shape index (κ2) is 16.7. The van der Waals surface area contributed by atoms with Gasteiger partial charge in [-0.15, -0.1) is 0 Å². The first-order valence-corrected chi connectivity index (χ1v) is 19.6. The van der Waals surface area contributed by atoms with Gasteiger partial charge in [0.25, 0.3) is 0 Å². The van der Waals surface area contributed by atoms with Gasteiger partial charge in [0.1, 0.15) is 6.04 Å². The minimum absolute atomic E-state index is 0.00744. The first-order chi connectivity index (χ1) is 26.5. The molecular formula is C46H55N3O6. The first-order valence-electron chi connectivity index (χ1n) is 19.6. The third kappa shape index (κ3) is 9.65. The van der Waals surface area contributed by atoms with E-state index in [2.05, 4.69) is 78.8 Å². The van der Waals surface area contributed by atoms with Crippen LogP contribution < -0.4 is 10.6 Å². The summed E-state index contributed by atoms with van der Waals surface area (Å²) in [6.07, 6.45) is 4.09. The van der Waals surface area contributed by atoms with Gasteiger partial charge in [-0.25, -0.2) is 9.59 Å². The highest BCUT2D eigenvalue weighted by Crippen LogP contribution is 2.53. The number of nitrogens with zero attached hydrogens (tertiary/aromatic N) is 1. The highest BCUT2D eigenvalue weighted by molar-refractivity contribution is 5.83. The molecule has 2 amide bonds. The van der Waals surface area contributed by atoms with Crippen molar-refractivity contribution in [3.8, 4) is 11.1 Å². The average molecular weight is 746 g/mol. The number of nitrogens with one attached hydrogen (secondary N) is 2. The number of likely N-dealkylation sites (tertiary alicyclic amines) is 1. The van der Waals surface area contributed by atoms with E-state index in [9.17, 15) is 14.7 Å². The summed E-state index contributed by atoms with van der Waals surface area (Å²) in [6.45, 7) is 9.55. The molecule has 2 saturated heterocycles. The number of fused-ring (bicyclic) bond motifs is 2. The minimum atomic E-state index is -0.810. The van der Waals surface area contributed by atoms with Crippen LogP contribution in [-0.4, -0.2) is 60.4 Å². The van der Waals surface area contributed by atoms with Gasteiger partial charge >= 0.3 is 12.0 Å². The second-order valence-electron chi connectivity index (χ2n) is 16.9. The molecular weight excluding hydrogens is 691 g/mol. The largest absolute Gasteiger partial charge is 0.467 e. The van der Waals surface area contributed by atoms with Crippen LogP contribution in [0.1, 0.15) is 86.7 Å². The van der Waals surface area contributed by atoms with E-state index in [4.69, 9.17) is 14.2 Å². The number of aliphatic hydroxyl groups excluding tert-OH is 1. The molecule has 55 heavy (non-hydrogen) atoms. The van der Waals surface area contributed by atoms with Crippen LogP contribution in [-0.2, 0) is 38.6 Å². The topological polar surface area (TPSA) is 109 Å². The third-order valence-electron chi connectivity index (χ3n) is 11.5. The van der Waals surface area contributed by atoms with E-state index in [-0.39, 0.29) is 25.4 Å². The van der Waals surface area contributed by atoms with E-state index >= 15 is 0 Å². The van der Waals surface area contributed by atoms with E-state index in [0.29, 0.717) is 23.3 Å². The first kappa shape index (κ1) is 38.7. The van der Waals surface area contributed by atoms with Crippen molar-refractivity contribution >= 4 is 12.0 Å². The Morgan fingerprint density at radius 2 is 1.58 bits per heavy atom. The maximum atomic E-state index is 12.9. The van der Waals surface area contributed by atoms with Crippen LogP contribution in [0.25, 0.3) is 11.1 Å². The fourth-order valence-electron chi connectivity index (χ4n) is 9.39. The summed E-state index contributed by atoms with van der Waals surface area (Å²) in [5.41, 5.74) is 7.45. The Labute approximate surface area is 325 Å². The maximum Gasteiger partial charge on any atom is 0.328 e. The van der Waals surface area contributed by atoms with Crippen molar-refractivity contribution in [2.45, 2.75) is 96.6 Å². The zero-order chi connectivity index (χ0) is 38.6. The molecule has 1 saturated carbocycles. The Balaban J connectivity index is 1.05. The van der Waals surface area contributed by atoms with Gasteiger partial charge in [0, 0.05) is 44.1 Å². The summed E-state index contributed by atoms with van der Waals surface area (Å²) in [5, 5.41) is 15.3. The Morgan fingerprint density at radius 1 is 0.855 bits per heavy atom. The summed E-state index contributed by atoms with van der Waals surface area (Å²) in [4.78, 5) is 28.1. The van der Waals surface area contributed by atoms with Gasteiger partial charge in [0.05, 0.1) is 25.9 Å². The molecule has 2 aliphatic heterocycles. The van der Waals surface area contributed by atoms with Crippen LogP contribution in [0.4, 0.5) is 4.79 Å². The zero-order valence-corrected chi connectivity index (χ0v) is 32.5. The van der Waals surface area contributed by atoms with Gasteiger partial charge in [0.2, 0.25) is 0 Å². The SMILES string of the molecule is COC(=O)[C@H](Cc1ccccc1)NC(=O)NCc1cccc(-c2cccc([C@@H]3O[C@H](CN4CC5(C)CC4CC(C)(C)C5)C[C@H](c4ccc(CO)cc4)O3)c2)c1. The summed E-state index contributed by atoms with van der Waals surface area (Å²) in [7, 11) is 1.32. The molecule has 0 spiro atoms. The van der Waals surface area contributed by atoms with Crippen molar-refractivity contribution < 1.29 is 28.9 Å². The lowest BCUT2D eigenvalue weighted by Gasteiger charge is -2.41. The van der Waals surface area contributed by atoms with Crippen molar-refractivity contribution in [2.75, 3.05) is 20.2 Å². The van der Waals surface area contributed by atoms with Crippen molar-refractivity contribution in [3.05, 3.63) is 131 Å². The number of ether oxygens (including phenoxy) is 3. The molecule has 3 N–H and O–H groups in total. The summed E-state index contributed by atoms with van der Waals surface area (Å²) < 4.78 is 18.6. The average Bonchev–Trinajstić information content (AvgIpc) is 3.43. The molecule has 2 bridgehead atoms. The number of carbonyl (C=O) groups is 2. The number of methoxy groups -OCH3 is 1. The molecule has 9 heteroatoms. The van der Waals surface area contributed by atoms with Gasteiger partial charge in [0.15, 0.2) is 6.29 Å². The molecule has 290 valence electrons. The number of urea groups is 1. The second-order valence-corrected chi connectivity index (χ2v) is 16.9. The van der Waals surface area contributed by atoms with Gasteiger partial charge < -0.3 is 30.0 Å². The predicted molar refractivity (Wildman–Crippen MR) is 213 cm³/mol. The van der Waals surface area contributed by atoms with Crippen molar-refractivity contribution in [3.63, 3.8) is 0 Å². The number of carbonyl (C=O) groups excluding carboxylic acids is 2. The van der Waals surface area contributed by atoms with Crippen molar-refractivity contribution in [1.29, 1.82) is 0 Å². The fraction of sp³-hybridized carbons (Fsp3) is 0.435. The summed E-state index contributed by atoms with van der Waals surface area (Å²) >= 11 is 0. The van der Waals surface area contributed by atoms with Crippen LogP contribution in [0.5, 0.6) is 0 Å². The smallest absolute Gasteiger partial charge is 0.328 e. The molecule has 6 atom stereocenters. The number of esters is 1. The third-order valence-corrected chi connectivity index (χ3v) is 11.5. The Kier molecular flexibility index (Phi) is 11.7. The van der Waals surface area contributed by atoms with Crippen LogP contribution in [0.15, 0.2) is 103 Å². The monoisotopic (exact) mass is 745 g/mol. The number of hydrogen-bond donors (Lipinski definition) is 3. The van der Waals surface area contributed by atoms with E-state index in [1.165, 1.54) is 26.4 Å². The molecule has 9 nitrogen and oxygen atoms in total. The normalized spacial score (nSPS) is 25.2. The Hall–Kier alpha value is -4.54. The van der Waals surface area contributed by atoms with Crippen LogP contribution in [0.3, 0.4) is 0 Å². The molecule has 4 aromatic carbocycles. The highest BCUT2D eigenvalue weighted by Gasteiger charge is 2.50. The van der Waals surface area contributed by atoms with E-state index in [0.717, 1.165) is 58.5 Å². The van der Waals surface area contributed by atoms with Gasteiger partial charge in [-0.1, -0.05) is 112 Å². The molecule has 0 radical (unpaired) electrons. The predicted octanol–water partition coefficient (Wildman–Crippen LogP) is 7.88. The molecule has 3 aliphatic rings. The Morgan fingerprint density at radius 3 is 2.33 bits per heavy atom. The molecule has 2 heterocycles. The Bertz CT molecular complexity index is 1930. The van der Waals surface area contributed by atoms with E-state index < -0.39 is 24.3 Å². The lowest BCUT2D eigenvalue weighted by atomic mass is 9.65. The number of amides is 2. The number of aliphatic hydroxyl groups is 1. The lowest BCUT2D eigenvalue weighted by Crippen LogP contribution is -2.47. The maximum absolute atomic E-state index is 12.9. The number of rotatable bonds is 12.